The van der Waals surface area contributed by atoms with Crippen molar-refractivity contribution < 1.29 is 39.5 Å². The van der Waals surface area contributed by atoms with Gasteiger partial charge in [0.25, 0.3) is 0 Å². The van der Waals surface area contributed by atoms with E-state index in [0.29, 0.717) is 12.8 Å². The van der Waals surface area contributed by atoms with Crippen molar-refractivity contribution in [2.45, 2.75) is 153 Å². The summed E-state index contributed by atoms with van der Waals surface area (Å²) in [6, 6.07) is 0. The second-order valence-electron chi connectivity index (χ2n) is 14.9. The first kappa shape index (κ1) is 32.1. The predicted octanol–water partition coefficient (Wildman–Crippen LogP) is 4.39. The number of epoxide rings is 1. The number of carbonyl (C=O) groups is 2. The van der Waals surface area contributed by atoms with Crippen LogP contribution in [0.1, 0.15) is 118 Å². The Bertz CT molecular complexity index is 1090. The van der Waals surface area contributed by atoms with E-state index in [2.05, 4.69) is 6.92 Å². The number of aliphatic hydroxyl groups is 4. The summed E-state index contributed by atoms with van der Waals surface area (Å²) in [6.45, 7) is 9.14. The molecule has 0 bridgehead atoms. The van der Waals surface area contributed by atoms with Gasteiger partial charge >= 0.3 is 5.97 Å². The first-order valence-corrected chi connectivity index (χ1v) is 16.7. The average molecular weight is 591 g/mol. The van der Waals surface area contributed by atoms with Gasteiger partial charge in [0.1, 0.15) is 17.3 Å². The van der Waals surface area contributed by atoms with Crippen molar-refractivity contribution >= 4 is 11.8 Å². The molecule has 5 aliphatic rings. The second-order valence-corrected chi connectivity index (χ2v) is 14.9. The molecule has 0 aromatic heterocycles. The van der Waals surface area contributed by atoms with Gasteiger partial charge in [0.15, 0.2) is 11.4 Å². The minimum Gasteiger partial charge on any atom is -0.458 e. The van der Waals surface area contributed by atoms with Crippen LogP contribution in [0, 0.1) is 29.1 Å². The summed E-state index contributed by atoms with van der Waals surface area (Å²) in [5.74, 6) is -3.39. The van der Waals surface area contributed by atoms with Gasteiger partial charge in [0, 0.05) is 29.6 Å². The minimum absolute atomic E-state index is 0.235. The quantitative estimate of drug-likeness (QED) is 0.133. The average Bonchev–Trinajstić information content (AvgIpc) is 3.76. The van der Waals surface area contributed by atoms with Gasteiger partial charge in [-0.1, -0.05) is 98.0 Å². The van der Waals surface area contributed by atoms with Crippen LogP contribution in [0.5, 0.6) is 0 Å². The molecule has 0 amide bonds. The van der Waals surface area contributed by atoms with Crippen LogP contribution in [-0.2, 0) is 19.1 Å². The number of carbonyl (C=O) groups excluding carboxylic acids is 2. The Kier molecular flexibility index (Phi) is 8.59. The third-order valence-corrected chi connectivity index (χ3v) is 12.2. The Labute approximate surface area is 251 Å². The number of hydrogen-bond donors (Lipinski definition) is 4. The Morgan fingerprint density at radius 3 is 2.17 bits per heavy atom. The maximum Gasteiger partial charge on any atom is 0.306 e. The van der Waals surface area contributed by atoms with E-state index >= 15 is 0 Å². The molecule has 0 aromatic carbocycles. The van der Waals surface area contributed by atoms with Crippen LogP contribution >= 0.6 is 0 Å². The molecule has 4 aliphatic carbocycles. The van der Waals surface area contributed by atoms with Gasteiger partial charge in [-0.3, -0.25) is 9.59 Å². The molecular formula is C34H54O8. The highest BCUT2D eigenvalue weighted by atomic mass is 16.6. The molecule has 1 heterocycles. The topological polar surface area (TPSA) is 137 Å². The van der Waals surface area contributed by atoms with Crippen LogP contribution in [0.2, 0.25) is 0 Å². The summed E-state index contributed by atoms with van der Waals surface area (Å²) in [4.78, 5) is 26.4. The molecule has 3 saturated carbocycles. The Balaban J connectivity index is 1.24. The highest BCUT2D eigenvalue weighted by molar-refractivity contribution is 6.05. The van der Waals surface area contributed by atoms with Gasteiger partial charge in [-0.05, 0) is 31.3 Å². The SMILES string of the molecule is CCCCCCCCCCCCCC(=O)O[C@@]12C[C@@H](C)[C@@]3(O)[C@H]([C@@H]1C2(C)C)[C@@H]1O[C@]1(CO)[C@@H](O)[C@]1(O)C(=O)C(C)=C[C@H]13. The normalized spacial score (nSPS) is 44.3. The third kappa shape index (κ3) is 4.48. The molecule has 10 atom stereocenters. The number of hydrogen-bond acceptors (Lipinski definition) is 8. The highest BCUT2D eigenvalue weighted by Gasteiger charge is 2.90. The lowest BCUT2D eigenvalue weighted by Gasteiger charge is -2.51. The molecule has 0 unspecified atom stereocenters. The molecule has 8 heteroatoms. The summed E-state index contributed by atoms with van der Waals surface area (Å²) in [5, 5.41) is 46.2. The van der Waals surface area contributed by atoms with Gasteiger partial charge < -0.3 is 29.9 Å². The van der Waals surface area contributed by atoms with Crippen molar-refractivity contribution in [3.63, 3.8) is 0 Å². The largest absolute Gasteiger partial charge is 0.458 e. The standard InChI is InChI=1S/C34H54O8/c1-6-7-8-9-10-11-12-13-14-15-16-17-24(36)41-32-19-22(3)33(39)23-18-21(2)27(37)34(23,40)29(38)31(20-35)28(42-31)25(33)26(32)30(32,4)5/h18,22-23,25-26,28-29,35,38-40H,6-17,19-20H2,1-5H3/t22-,23+,25-,26-,28+,29-,31+,32+,33+,34-/m1/s1. The summed E-state index contributed by atoms with van der Waals surface area (Å²) in [7, 11) is 0. The molecule has 5 rings (SSSR count). The van der Waals surface area contributed by atoms with Gasteiger partial charge in [-0.2, -0.15) is 0 Å². The number of Topliss-reactive ketones (excluding diaryl/α,β-unsaturated/α-hetero) is 1. The second kappa shape index (κ2) is 11.2. The first-order valence-electron chi connectivity index (χ1n) is 16.7. The zero-order valence-corrected chi connectivity index (χ0v) is 26.4. The van der Waals surface area contributed by atoms with Crippen molar-refractivity contribution in [3.05, 3.63) is 11.6 Å². The van der Waals surface area contributed by atoms with Gasteiger partial charge in [0.05, 0.1) is 18.3 Å². The fourth-order valence-electron chi connectivity index (χ4n) is 9.63. The van der Waals surface area contributed by atoms with E-state index in [9.17, 15) is 30.0 Å². The lowest BCUT2D eigenvalue weighted by molar-refractivity contribution is -0.215. The lowest BCUT2D eigenvalue weighted by Crippen LogP contribution is -2.65. The van der Waals surface area contributed by atoms with E-state index in [1.165, 1.54) is 51.4 Å². The van der Waals surface area contributed by atoms with Crippen LogP contribution in [0.15, 0.2) is 11.6 Å². The Morgan fingerprint density at radius 1 is 1.02 bits per heavy atom. The van der Waals surface area contributed by atoms with Gasteiger partial charge in [0.2, 0.25) is 0 Å². The molecule has 42 heavy (non-hydrogen) atoms. The molecule has 8 nitrogen and oxygen atoms in total. The molecule has 1 saturated heterocycles. The van der Waals surface area contributed by atoms with E-state index in [0.717, 1.165) is 19.3 Å². The van der Waals surface area contributed by atoms with E-state index in [-0.39, 0.29) is 17.5 Å². The Morgan fingerprint density at radius 2 is 1.60 bits per heavy atom. The third-order valence-electron chi connectivity index (χ3n) is 12.2. The van der Waals surface area contributed by atoms with Crippen LogP contribution in [0.25, 0.3) is 0 Å². The van der Waals surface area contributed by atoms with Crippen molar-refractivity contribution in [1.29, 1.82) is 0 Å². The number of ether oxygens (including phenoxy) is 2. The summed E-state index contributed by atoms with van der Waals surface area (Å²) >= 11 is 0. The smallest absolute Gasteiger partial charge is 0.306 e. The van der Waals surface area contributed by atoms with Crippen molar-refractivity contribution in [2.24, 2.45) is 29.1 Å². The first-order chi connectivity index (χ1) is 19.8. The summed E-state index contributed by atoms with van der Waals surface area (Å²) in [6.07, 6.45) is 13.1. The van der Waals surface area contributed by atoms with Crippen molar-refractivity contribution in [3.8, 4) is 0 Å². The highest BCUT2D eigenvalue weighted by Crippen LogP contribution is 2.79. The Hall–Kier alpha value is -1.32. The lowest BCUT2D eigenvalue weighted by atomic mass is 9.59. The number of aliphatic hydroxyl groups excluding tert-OH is 2. The number of rotatable bonds is 14. The molecule has 4 N–H and O–H groups in total. The van der Waals surface area contributed by atoms with Crippen molar-refractivity contribution in [2.75, 3.05) is 6.61 Å². The summed E-state index contributed by atoms with van der Waals surface area (Å²) < 4.78 is 12.3. The van der Waals surface area contributed by atoms with E-state index in [4.69, 9.17) is 9.47 Å². The zero-order chi connectivity index (χ0) is 30.7. The van der Waals surface area contributed by atoms with Crippen molar-refractivity contribution in [1.82, 2.24) is 0 Å². The number of ketones is 1. The zero-order valence-electron chi connectivity index (χ0n) is 26.4. The predicted molar refractivity (Wildman–Crippen MR) is 157 cm³/mol. The number of esters is 1. The molecular weight excluding hydrogens is 536 g/mol. The molecule has 4 fully saturated rings. The van der Waals surface area contributed by atoms with Crippen LogP contribution in [-0.4, -0.2) is 73.4 Å². The maximum absolute atomic E-state index is 13.2. The minimum atomic E-state index is -2.30. The molecule has 238 valence electrons. The summed E-state index contributed by atoms with van der Waals surface area (Å²) in [5.41, 5.74) is -6.50. The van der Waals surface area contributed by atoms with Crippen LogP contribution in [0.3, 0.4) is 0 Å². The van der Waals surface area contributed by atoms with E-state index in [1.54, 1.807) is 13.0 Å². The number of fused-ring (bicyclic) bond motifs is 7. The maximum atomic E-state index is 13.2. The van der Waals surface area contributed by atoms with Gasteiger partial charge in [-0.25, -0.2) is 0 Å². The van der Waals surface area contributed by atoms with Crippen LogP contribution < -0.4 is 0 Å². The number of unbranched alkanes of at least 4 members (excludes halogenated alkanes) is 10. The monoisotopic (exact) mass is 590 g/mol. The van der Waals surface area contributed by atoms with Crippen LogP contribution in [0.4, 0.5) is 0 Å². The fraction of sp³-hybridized carbons (Fsp3) is 0.882. The molecule has 0 aromatic rings. The van der Waals surface area contributed by atoms with Gasteiger partial charge in [-0.15, -0.1) is 0 Å². The van der Waals surface area contributed by atoms with E-state index < -0.39 is 70.2 Å². The molecule has 1 aliphatic heterocycles. The fourth-order valence-corrected chi connectivity index (χ4v) is 9.63. The van der Waals surface area contributed by atoms with E-state index in [1.807, 2.05) is 20.8 Å². The molecule has 0 radical (unpaired) electrons. The molecule has 0 spiro atoms.